The molecule has 10 nitrogen and oxygen atoms in total. The molecule has 3 heterocycles. The molecule has 2 amide bonds. The van der Waals surface area contributed by atoms with Gasteiger partial charge in [0.05, 0.1) is 19.3 Å². The third-order valence-electron chi connectivity index (χ3n) is 5.30. The second-order valence-corrected chi connectivity index (χ2v) is 7.47. The Balaban J connectivity index is 1.39. The lowest BCUT2D eigenvalue weighted by atomic mass is 10.1. The van der Waals surface area contributed by atoms with Crippen molar-refractivity contribution in [2.75, 3.05) is 26.3 Å². The number of aromatic nitrogens is 4. The first-order valence-electron chi connectivity index (χ1n) is 10.5. The van der Waals surface area contributed by atoms with Crippen LogP contribution in [0.2, 0.25) is 0 Å². The van der Waals surface area contributed by atoms with Gasteiger partial charge in [-0.15, -0.1) is 0 Å². The van der Waals surface area contributed by atoms with Crippen LogP contribution in [0.15, 0.2) is 41.1 Å². The van der Waals surface area contributed by atoms with E-state index in [1.807, 2.05) is 6.92 Å². The number of nitrogens with one attached hydrogen (secondary N) is 1. The number of carbonyl (C=O) groups excluding carboxylic acids is 2. The van der Waals surface area contributed by atoms with Crippen molar-refractivity contribution in [3.8, 4) is 11.4 Å². The van der Waals surface area contributed by atoms with E-state index < -0.39 is 18.0 Å². The quantitative estimate of drug-likeness (QED) is 0.578. The number of carbonyl (C=O) groups is 2. The lowest BCUT2D eigenvalue weighted by Crippen LogP contribution is -2.53. The van der Waals surface area contributed by atoms with Crippen molar-refractivity contribution in [3.05, 3.63) is 53.7 Å². The van der Waals surface area contributed by atoms with E-state index in [4.69, 9.17) is 4.74 Å². The molecule has 1 aromatic carbocycles. The molecule has 180 valence electrons. The lowest BCUT2D eigenvalue weighted by Gasteiger charge is -2.35. The first-order valence-corrected chi connectivity index (χ1v) is 10.5. The fraction of sp³-hybridized carbons (Fsp3) is 0.381. The second kappa shape index (κ2) is 9.63. The zero-order valence-corrected chi connectivity index (χ0v) is 18.1. The van der Waals surface area contributed by atoms with Gasteiger partial charge in [-0.25, -0.2) is 0 Å². The van der Waals surface area contributed by atoms with Gasteiger partial charge in [0.1, 0.15) is 5.69 Å². The van der Waals surface area contributed by atoms with E-state index in [2.05, 4.69) is 25.1 Å². The molecule has 0 saturated carbocycles. The predicted octanol–water partition coefficient (Wildman–Crippen LogP) is 2.24. The van der Waals surface area contributed by atoms with Crippen molar-refractivity contribution in [2.24, 2.45) is 0 Å². The second-order valence-electron chi connectivity index (χ2n) is 7.47. The highest BCUT2D eigenvalue weighted by atomic mass is 19.4. The van der Waals surface area contributed by atoms with Gasteiger partial charge < -0.3 is 19.5 Å². The maximum Gasteiger partial charge on any atom is 0.471 e. The van der Waals surface area contributed by atoms with Crippen LogP contribution in [-0.4, -0.2) is 69.0 Å². The fourth-order valence-corrected chi connectivity index (χ4v) is 3.54. The van der Waals surface area contributed by atoms with Crippen LogP contribution in [0.1, 0.15) is 33.7 Å². The molecular weight excluding hydrogens is 457 g/mol. The number of amides is 2. The van der Waals surface area contributed by atoms with E-state index in [1.165, 1.54) is 24.3 Å². The molecular formula is C21H21F3N6O4. The minimum absolute atomic E-state index is 0.159. The molecule has 2 aromatic heterocycles. The molecule has 1 aliphatic heterocycles. The third kappa shape index (κ3) is 4.93. The van der Waals surface area contributed by atoms with Crippen LogP contribution in [0, 0.1) is 0 Å². The van der Waals surface area contributed by atoms with Crippen LogP contribution < -0.4 is 5.32 Å². The summed E-state index contributed by atoms with van der Waals surface area (Å²) < 4.78 is 49.2. The number of alkyl halides is 3. The van der Waals surface area contributed by atoms with E-state index in [9.17, 15) is 22.8 Å². The normalized spacial score (nSPS) is 16.5. The van der Waals surface area contributed by atoms with Crippen molar-refractivity contribution in [3.63, 3.8) is 0 Å². The molecule has 3 aromatic rings. The van der Waals surface area contributed by atoms with E-state index >= 15 is 0 Å². The number of ether oxygens (including phenoxy) is 1. The van der Waals surface area contributed by atoms with Crippen molar-refractivity contribution >= 4 is 11.8 Å². The Kier molecular flexibility index (Phi) is 6.63. The molecule has 1 fully saturated rings. The van der Waals surface area contributed by atoms with Gasteiger partial charge in [-0.1, -0.05) is 17.3 Å². The summed E-state index contributed by atoms with van der Waals surface area (Å²) in [5.74, 6) is -2.28. The molecule has 1 atom stereocenters. The fourth-order valence-electron chi connectivity index (χ4n) is 3.54. The Morgan fingerprint density at radius 3 is 2.65 bits per heavy atom. The zero-order valence-electron chi connectivity index (χ0n) is 18.1. The SMILES string of the molecule is CCn1nccc1C(=O)N1CCOC[C@H]1CNC(=O)c1ccc(-c2noc(C(F)(F)F)n2)cc1. The Hall–Kier alpha value is -3.74. The minimum atomic E-state index is -4.74. The Labute approximate surface area is 191 Å². The summed E-state index contributed by atoms with van der Waals surface area (Å²) in [6.45, 7) is 3.64. The number of nitrogens with zero attached hydrogens (tertiary/aromatic N) is 5. The summed E-state index contributed by atoms with van der Waals surface area (Å²) in [5, 5.41) is 10.2. The van der Waals surface area contributed by atoms with Gasteiger partial charge in [0.15, 0.2) is 0 Å². The maximum atomic E-state index is 13.0. The van der Waals surface area contributed by atoms with Gasteiger partial charge in [-0.2, -0.15) is 23.3 Å². The number of rotatable bonds is 6. The van der Waals surface area contributed by atoms with Crippen molar-refractivity contribution in [1.29, 1.82) is 0 Å². The highest BCUT2D eigenvalue weighted by molar-refractivity contribution is 5.95. The minimum Gasteiger partial charge on any atom is -0.377 e. The van der Waals surface area contributed by atoms with Gasteiger partial charge in [-0.3, -0.25) is 14.3 Å². The van der Waals surface area contributed by atoms with Crippen LogP contribution in [0.5, 0.6) is 0 Å². The third-order valence-corrected chi connectivity index (χ3v) is 5.30. The van der Waals surface area contributed by atoms with Crippen LogP contribution in [0.4, 0.5) is 13.2 Å². The molecule has 1 saturated heterocycles. The molecule has 0 radical (unpaired) electrons. The maximum absolute atomic E-state index is 13.0. The van der Waals surface area contributed by atoms with Crippen LogP contribution in [0.3, 0.4) is 0 Å². The standard InChI is InChI=1S/C21H21F3N6O4/c1-2-30-16(7-8-26-30)19(32)29-9-10-33-12-15(29)11-25-18(31)14-5-3-13(4-6-14)17-27-20(34-28-17)21(22,23)24/h3-8,15H,2,9-12H2,1H3,(H,25,31)/t15-/m1/s1. The summed E-state index contributed by atoms with van der Waals surface area (Å²) in [5.41, 5.74) is 1.01. The molecule has 0 unspecified atom stereocenters. The molecule has 1 aliphatic rings. The summed E-state index contributed by atoms with van der Waals surface area (Å²) >= 11 is 0. The Bertz CT molecular complexity index is 1160. The molecule has 34 heavy (non-hydrogen) atoms. The Morgan fingerprint density at radius 1 is 1.21 bits per heavy atom. The summed E-state index contributed by atoms with van der Waals surface area (Å²) in [4.78, 5) is 30.6. The Morgan fingerprint density at radius 2 is 1.97 bits per heavy atom. The number of hydrogen-bond acceptors (Lipinski definition) is 7. The smallest absolute Gasteiger partial charge is 0.377 e. The molecule has 1 N–H and O–H groups in total. The molecule has 4 rings (SSSR count). The number of aryl methyl sites for hydroxylation is 1. The van der Waals surface area contributed by atoms with E-state index in [-0.39, 0.29) is 42.1 Å². The molecule has 13 heteroatoms. The molecule has 0 aliphatic carbocycles. The highest BCUT2D eigenvalue weighted by Gasteiger charge is 2.38. The summed E-state index contributed by atoms with van der Waals surface area (Å²) in [7, 11) is 0. The molecule has 0 spiro atoms. The van der Waals surface area contributed by atoms with Crippen molar-refractivity contribution in [2.45, 2.75) is 25.7 Å². The topological polar surface area (TPSA) is 115 Å². The van der Waals surface area contributed by atoms with E-state index in [0.717, 1.165) is 0 Å². The average Bonchev–Trinajstić information content (AvgIpc) is 3.52. The monoisotopic (exact) mass is 478 g/mol. The predicted molar refractivity (Wildman–Crippen MR) is 111 cm³/mol. The lowest BCUT2D eigenvalue weighted by molar-refractivity contribution is -0.159. The number of morpholine rings is 1. The van der Waals surface area contributed by atoms with Crippen LogP contribution in [-0.2, 0) is 17.5 Å². The van der Waals surface area contributed by atoms with Gasteiger partial charge in [0.2, 0.25) is 5.82 Å². The first kappa shape index (κ1) is 23.4. The van der Waals surface area contributed by atoms with Crippen molar-refractivity contribution in [1.82, 2.24) is 30.1 Å². The number of benzene rings is 1. The van der Waals surface area contributed by atoms with Gasteiger partial charge in [-0.05, 0) is 25.1 Å². The summed E-state index contributed by atoms with van der Waals surface area (Å²) in [6.07, 6.45) is -3.17. The van der Waals surface area contributed by atoms with Gasteiger partial charge in [0.25, 0.3) is 11.8 Å². The van der Waals surface area contributed by atoms with E-state index in [1.54, 1.807) is 21.8 Å². The van der Waals surface area contributed by atoms with Crippen LogP contribution >= 0.6 is 0 Å². The van der Waals surface area contributed by atoms with Crippen LogP contribution in [0.25, 0.3) is 11.4 Å². The number of hydrogen-bond donors (Lipinski definition) is 1. The van der Waals surface area contributed by atoms with Gasteiger partial charge in [0, 0.05) is 37.0 Å². The highest BCUT2D eigenvalue weighted by Crippen LogP contribution is 2.29. The zero-order chi connectivity index (χ0) is 24.3. The van der Waals surface area contributed by atoms with E-state index in [0.29, 0.717) is 25.4 Å². The van der Waals surface area contributed by atoms with Crippen molar-refractivity contribution < 1.29 is 32.0 Å². The van der Waals surface area contributed by atoms with Gasteiger partial charge >= 0.3 is 12.1 Å². The number of halogens is 3. The molecule has 0 bridgehead atoms. The average molecular weight is 478 g/mol. The largest absolute Gasteiger partial charge is 0.471 e. The first-order chi connectivity index (χ1) is 16.3. The summed E-state index contributed by atoms with van der Waals surface area (Å²) in [6, 6.07) is 7.00.